The van der Waals surface area contributed by atoms with Crippen molar-refractivity contribution < 1.29 is 35.4 Å². The summed E-state index contributed by atoms with van der Waals surface area (Å²) in [7, 11) is 0. The van der Waals surface area contributed by atoms with Gasteiger partial charge in [0.05, 0.1) is 35.1 Å². The summed E-state index contributed by atoms with van der Waals surface area (Å²) in [5.74, 6) is -0.791. The largest absolute Gasteiger partial charge is 0.390 e. The zero-order valence-corrected chi connectivity index (χ0v) is 21.1. The Morgan fingerprint density at radius 1 is 1.12 bits per heavy atom. The van der Waals surface area contributed by atoms with E-state index in [-0.39, 0.29) is 24.5 Å². The molecule has 0 heterocycles. The van der Waals surface area contributed by atoms with Crippen molar-refractivity contribution in [1.82, 2.24) is 0 Å². The topological polar surface area (TPSA) is 138 Å². The molecule has 4 aliphatic carbocycles. The molecular weight excluding hydrogens is 436 g/mol. The van der Waals surface area contributed by atoms with E-state index < -0.39 is 51.9 Å². The predicted octanol–water partition coefficient (Wildman–Crippen LogP) is 1.77. The van der Waals surface area contributed by atoms with Crippen LogP contribution in [0.15, 0.2) is 23.3 Å². The van der Waals surface area contributed by atoms with E-state index in [2.05, 4.69) is 0 Å². The minimum Gasteiger partial charge on any atom is -0.390 e. The quantitative estimate of drug-likeness (QED) is 0.354. The smallest absolute Gasteiger partial charge is 0.182 e. The van der Waals surface area contributed by atoms with Gasteiger partial charge in [0.1, 0.15) is 0 Å². The summed E-state index contributed by atoms with van der Waals surface area (Å²) in [5, 5.41) is 65.3. The van der Waals surface area contributed by atoms with E-state index >= 15 is 0 Å². The van der Waals surface area contributed by atoms with Crippen molar-refractivity contribution in [2.75, 3.05) is 0 Å². The molecular formula is C27H42O7. The van der Waals surface area contributed by atoms with Crippen LogP contribution in [0.25, 0.3) is 0 Å². The number of allylic oxidation sites excluding steroid dienone is 2. The number of hydrogen-bond donors (Lipinski definition) is 6. The predicted molar refractivity (Wildman–Crippen MR) is 127 cm³/mol. The summed E-state index contributed by atoms with van der Waals surface area (Å²) in [6.45, 7) is 8.86. The lowest BCUT2D eigenvalue weighted by atomic mass is 9.47. The van der Waals surface area contributed by atoms with Crippen molar-refractivity contribution in [3.05, 3.63) is 23.3 Å². The highest BCUT2D eigenvalue weighted by Crippen LogP contribution is 2.68. The number of carbonyl (C=O) groups is 1. The first-order valence-corrected chi connectivity index (χ1v) is 12.7. The number of ketones is 1. The van der Waals surface area contributed by atoms with Gasteiger partial charge in [-0.3, -0.25) is 4.79 Å². The number of rotatable bonds is 5. The SMILES string of the molecule is CC(C)(O)CC[C@@H](O)[C@](C)(O)[C@H]1CC[C@@]2(O)C3=CC(=O)C4=C[C@@H](O)[C@@H](O)C[C@]4(C)[C@H]3CC[C@]12C. The van der Waals surface area contributed by atoms with Crippen molar-refractivity contribution in [1.29, 1.82) is 0 Å². The van der Waals surface area contributed by atoms with Gasteiger partial charge in [0.25, 0.3) is 0 Å². The van der Waals surface area contributed by atoms with Gasteiger partial charge in [0.15, 0.2) is 5.78 Å². The highest BCUT2D eigenvalue weighted by molar-refractivity contribution is 6.07. The Hall–Kier alpha value is -1.09. The number of fused-ring (bicyclic) bond motifs is 5. The molecule has 7 nitrogen and oxygen atoms in total. The van der Waals surface area contributed by atoms with Crippen molar-refractivity contribution in [3.8, 4) is 0 Å². The molecule has 9 atom stereocenters. The maximum absolute atomic E-state index is 13.2. The van der Waals surface area contributed by atoms with E-state index in [9.17, 15) is 35.4 Å². The minimum atomic E-state index is -1.48. The second-order valence-electron chi connectivity index (χ2n) is 12.8. The van der Waals surface area contributed by atoms with E-state index in [4.69, 9.17) is 0 Å². The van der Waals surface area contributed by atoms with Crippen molar-refractivity contribution in [2.45, 2.75) is 115 Å². The molecule has 192 valence electrons. The standard InChI is InChI=1S/C27H42O7/c1-23(2,32)9-8-22(31)26(5,33)21-7-11-27(34)16-12-18(28)17-13-19(29)20(30)14-24(17,3)15(16)6-10-25(21,27)4/h12-13,15,19-22,29-34H,6-11,14H2,1-5H3/t15-,19+,20-,21-,22+,24+,25+,26+,27+/m0/s1. The van der Waals surface area contributed by atoms with Crippen molar-refractivity contribution in [2.24, 2.45) is 22.7 Å². The average molecular weight is 479 g/mol. The summed E-state index contributed by atoms with van der Waals surface area (Å²) < 4.78 is 0. The Labute approximate surface area is 202 Å². The van der Waals surface area contributed by atoms with Crippen molar-refractivity contribution in [3.63, 3.8) is 0 Å². The molecule has 6 N–H and O–H groups in total. The lowest BCUT2D eigenvalue weighted by Crippen LogP contribution is -2.61. The summed E-state index contributed by atoms with van der Waals surface area (Å²) in [6, 6.07) is 0. The molecule has 2 fully saturated rings. The van der Waals surface area contributed by atoms with Crippen LogP contribution in [0.1, 0.15) is 79.6 Å². The first-order chi connectivity index (χ1) is 15.5. The fourth-order valence-electron chi connectivity index (χ4n) is 7.87. The molecule has 0 saturated heterocycles. The molecule has 0 aromatic carbocycles. The Bertz CT molecular complexity index is 914. The van der Waals surface area contributed by atoms with Crippen molar-refractivity contribution >= 4 is 5.78 Å². The fraction of sp³-hybridized carbons (Fsp3) is 0.815. The minimum absolute atomic E-state index is 0.152. The van der Waals surface area contributed by atoms with E-state index in [0.29, 0.717) is 43.3 Å². The molecule has 2 saturated carbocycles. The second-order valence-corrected chi connectivity index (χ2v) is 12.8. The van der Waals surface area contributed by atoms with Crippen LogP contribution in [0.2, 0.25) is 0 Å². The van der Waals surface area contributed by atoms with Gasteiger partial charge in [-0.1, -0.05) is 13.8 Å². The van der Waals surface area contributed by atoms with E-state index in [0.717, 1.165) is 0 Å². The van der Waals surface area contributed by atoms with Crippen LogP contribution < -0.4 is 0 Å². The molecule has 0 radical (unpaired) electrons. The van der Waals surface area contributed by atoms with Gasteiger partial charge >= 0.3 is 0 Å². The van der Waals surface area contributed by atoms with E-state index in [1.165, 1.54) is 12.2 Å². The summed E-state index contributed by atoms with van der Waals surface area (Å²) in [5.41, 5.74) is -4.00. The van der Waals surface area contributed by atoms with Crippen LogP contribution >= 0.6 is 0 Å². The van der Waals surface area contributed by atoms with Gasteiger partial charge in [-0.15, -0.1) is 0 Å². The van der Waals surface area contributed by atoms with Gasteiger partial charge in [-0.2, -0.15) is 0 Å². The average Bonchev–Trinajstić information content (AvgIpc) is 3.00. The summed E-state index contributed by atoms with van der Waals surface area (Å²) in [4.78, 5) is 13.2. The number of hydrogen-bond acceptors (Lipinski definition) is 7. The van der Waals surface area contributed by atoms with Gasteiger partial charge in [0, 0.05) is 16.4 Å². The normalized spacial score (nSPS) is 44.9. The molecule has 34 heavy (non-hydrogen) atoms. The molecule has 0 aromatic rings. The zero-order chi connectivity index (χ0) is 25.5. The number of aliphatic hydroxyl groups excluding tert-OH is 3. The van der Waals surface area contributed by atoms with E-state index in [1.54, 1.807) is 20.8 Å². The Morgan fingerprint density at radius 3 is 2.38 bits per heavy atom. The van der Waals surface area contributed by atoms with Crippen LogP contribution in [0.4, 0.5) is 0 Å². The molecule has 0 spiro atoms. The van der Waals surface area contributed by atoms with E-state index in [1.807, 2.05) is 13.8 Å². The third-order valence-electron chi connectivity index (χ3n) is 10.0. The lowest BCUT2D eigenvalue weighted by Gasteiger charge is -2.59. The van der Waals surface area contributed by atoms with Gasteiger partial charge in [-0.25, -0.2) is 0 Å². The number of aliphatic hydroxyl groups is 6. The Morgan fingerprint density at radius 2 is 1.76 bits per heavy atom. The molecule has 0 bridgehead atoms. The van der Waals surface area contributed by atoms with Crippen LogP contribution in [-0.2, 0) is 4.79 Å². The third-order valence-corrected chi connectivity index (χ3v) is 10.0. The highest BCUT2D eigenvalue weighted by atomic mass is 16.3. The van der Waals surface area contributed by atoms with Crippen LogP contribution in [0.5, 0.6) is 0 Å². The maximum Gasteiger partial charge on any atom is 0.182 e. The molecule has 4 rings (SSSR count). The molecule has 0 amide bonds. The van der Waals surface area contributed by atoms with Crippen LogP contribution in [-0.4, -0.2) is 71.5 Å². The van der Waals surface area contributed by atoms with Crippen LogP contribution in [0.3, 0.4) is 0 Å². The second kappa shape index (κ2) is 7.95. The first-order valence-electron chi connectivity index (χ1n) is 12.7. The van der Waals surface area contributed by atoms with Gasteiger partial charge < -0.3 is 30.6 Å². The molecule has 0 aliphatic heterocycles. The fourth-order valence-corrected chi connectivity index (χ4v) is 7.87. The Balaban J connectivity index is 1.69. The van der Waals surface area contributed by atoms with Gasteiger partial charge in [0.2, 0.25) is 0 Å². The summed E-state index contributed by atoms with van der Waals surface area (Å²) >= 11 is 0. The molecule has 0 unspecified atom stereocenters. The maximum atomic E-state index is 13.2. The lowest BCUT2D eigenvalue weighted by molar-refractivity contribution is -0.168. The Kier molecular flexibility index (Phi) is 6.08. The summed E-state index contributed by atoms with van der Waals surface area (Å²) in [6.07, 6.45) is 2.85. The van der Waals surface area contributed by atoms with Crippen LogP contribution in [0, 0.1) is 22.7 Å². The third kappa shape index (κ3) is 3.66. The van der Waals surface area contributed by atoms with Gasteiger partial charge in [-0.05, 0) is 95.3 Å². The number of carbonyl (C=O) groups excluding carboxylic acids is 1. The molecule has 7 heteroatoms. The highest BCUT2D eigenvalue weighted by Gasteiger charge is 2.68. The molecule has 0 aromatic heterocycles. The zero-order valence-electron chi connectivity index (χ0n) is 21.1. The molecule has 4 aliphatic rings. The first kappa shape index (κ1) is 26.0. The monoisotopic (exact) mass is 478 g/mol.